The predicted molar refractivity (Wildman–Crippen MR) is 67.2 cm³/mol. The third-order valence-electron chi connectivity index (χ3n) is 3.39. The second kappa shape index (κ2) is 5.78. The van der Waals surface area contributed by atoms with Gasteiger partial charge in [0.05, 0.1) is 5.25 Å². The van der Waals surface area contributed by atoms with Crippen molar-refractivity contribution in [1.29, 1.82) is 0 Å². The van der Waals surface area contributed by atoms with Crippen LogP contribution < -0.4 is 0 Å². The summed E-state index contributed by atoms with van der Waals surface area (Å²) in [4.78, 5) is 14.0. The van der Waals surface area contributed by atoms with Gasteiger partial charge < -0.3 is 4.90 Å². The SMILES string of the molecule is CCC1CCN(C(=O)C(S)C(C)C)CC1. The zero-order valence-corrected chi connectivity index (χ0v) is 11.0. The monoisotopic (exact) mass is 229 g/mol. The molecule has 0 saturated carbocycles. The molecule has 15 heavy (non-hydrogen) atoms. The Bertz CT molecular complexity index is 210. The number of carbonyl (C=O) groups excluding carboxylic acids is 1. The fourth-order valence-electron chi connectivity index (χ4n) is 2.03. The highest BCUT2D eigenvalue weighted by atomic mass is 32.1. The van der Waals surface area contributed by atoms with Crippen LogP contribution in [-0.2, 0) is 4.79 Å². The summed E-state index contributed by atoms with van der Waals surface area (Å²) in [5.41, 5.74) is 0. The molecule has 88 valence electrons. The minimum atomic E-state index is -0.122. The summed E-state index contributed by atoms with van der Waals surface area (Å²) in [7, 11) is 0. The van der Waals surface area contributed by atoms with Gasteiger partial charge in [0.2, 0.25) is 5.91 Å². The Balaban J connectivity index is 2.42. The van der Waals surface area contributed by atoms with E-state index >= 15 is 0 Å². The average molecular weight is 229 g/mol. The number of likely N-dealkylation sites (tertiary alicyclic amines) is 1. The lowest BCUT2D eigenvalue weighted by Gasteiger charge is -2.33. The van der Waals surface area contributed by atoms with Crippen molar-refractivity contribution < 1.29 is 4.79 Å². The van der Waals surface area contributed by atoms with Gasteiger partial charge in [-0.1, -0.05) is 27.2 Å². The fraction of sp³-hybridized carbons (Fsp3) is 0.917. The second-order valence-corrected chi connectivity index (χ2v) is 5.42. The molecule has 0 aliphatic carbocycles. The Morgan fingerprint density at radius 1 is 1.40 bits per heavy atom. The highest BCUT2D eigenvalue weighted by molar-refractivity contribution is 7.81. The summed E-state index contributed by atoms with van der Waals surface area (Å²) in [6.07, 6.45) is 3.58. The van der Waals surface area contributed by atoms with Crippen LogP contribution in [-0.4, -0.2) is 29.1 Å². The molecule has 0 aromatic rings. The van der Waals surface area contributed by atoms with Crippen LogP contribution >= 0.6 is 12.6 Å². The number of hydrogen-bond acceptors (Lipinski definition) is 2. The van der Waals surface area contributed by atoms with E-state index in [1.807, 2.05) is 18.7 Å². The lowest BCUT2D eigenvalue weighted by Crippen LogP contribution is -2.43. The van der Waals surface area contributed by atoms with Crippen LogP contribution in [0.1, 0.15) is 40.0 Å². The highest BCUT2D eigenvalue weighted by Crippen LogP contribution is 2.22. The summed E-state index contributed by atoms with van der Waals surface area (Å²) in [5, 5.41) is -0.122. The molecule has 1 atom stereocenters. The van der Waals surface area contributed by atoms with Gasteiger partial charge >= 0.3 is 0 Å². The number of nitrogens with zero attached hydrogens (tertiary/aromatic N) is 1. The molecule has 0 aromatic heterocycles. The smallest absolute Gasteiger partial charge is 0.235 e. The number of piperidine rings is 1. The molecule has 1 aliphatic rings. The summed E-state index contributed by atoms with van der Waals surface area (Å²) in [5.74, 6) is 1.37. The first-order chi connectivity index (χ1) is 7.06. The molecule has 0 bridgehead atoms. The van der Waals surface area contributed by atoms with E-state index in [-0.39, 0.29) is 11.2 Å². The van der Waals surface area contributed by atoms with Gasteiger partial charge in [-0.25, -0.2) is 0 Å². The Morgan fingerprint density at radius 3 is 2.33 bits per heavy atom. The molecule has 0 N–H and O–H groups in total. The number of thiol groups is 1. The number of rotatable bonds is 3. The van der Waals surface area contributed by atoms with E-state index in [0.29, 0.717) is 5.92 Å². The van der Waals surface area contributed by atoms with E-state index < -0.39 is 0 Å². The zero-order valence-electron chi connectivity index (χ0n) is 10.1. The van der Waals surface area contributed by atoms with Gasteiger partial charge in [0, 0.05) is 13.1 Å². The molecule has 3 heteroatoms. The molecule has 1 saturated heterocycles. The molecular weight excluding hydrogens is 206 g/mol. The second-order valence-electron chi connectivity index (χ2n) is 4.87. The molecule has 1 heterocycles. The first-order valence-electron chi connectivity index (χ1n) is 6.03. The maximum atomic E-state index is 12.0. The normalized spacial score (nSPS) is 20.7. The highest BCUT2D eigenvalue weighted by Gasteiger charge is 2.27. The third-order valence-corrected chi connectivity index (χ3v) is 4.21. The molecule has 1 aliphatic heterocycles. The minimum Gasteiger partial charge on any atom is -0.342 e. The van der Waals surface area contributed by atoms with E-state index in [4.69, 9.17) is 0 Å². The quantitative estimate of drug-likeness (QED) is 0.738. The van der Waals surface area contributed by atoms with Crippen LogP contribution in [0.15, 0.2) is 0 Å². The van der Waals surface area contributed by atoms with Gasteiger partial charge in [-0.2, -0.15) is 12.6 Å². The standard InChI is InChI=1S/C12H23NOS/c1-4-10-5-7-13(8-6-10)12(14)11(15)9(2)3/h9-11,15H,4-8H2,1-3H3. The molecule has 1 amide bonds. The minimum absolute atomic E-state index is 0.122. The van der Waals surface area contributed by atoms with E-state index in [0.717, 1.165) is 19.0 Å². The van der Waals surface area contributed by atoms with Crippen molar-refractivity contribution in [2.24, 2.45) is 11.8 Å². The lowest BCUT2D eigenvalue weighted by molar-refractivity contribution is -0.132. The van der Waals surface area contributed by atoms with Crippen LogP contribution in [0, 0.1) is 11.8 Å². The van der Waals surface area contributed by atoms with E-state index in [1.165, 1.54) is 19.3 Å². The summed E-state index contributed by atoms with van der Waals surface area (Å²) >= 11 is 4.38. The summed E-state index contributed by atoms with van der Waals surface area (Å²) in [6, 6.07) is 0. The van der Waals surface area contributed by atoms with Crippen molar-refractivity contribution in [3.05, 3.63) is 0 Å². The third kappa shape index (κ3) is 3.40. The van der Waals surface area contributed by atoms with Crippen molar-refractivity contribution in [2.45, 2.75) is 45.3 Å². The first-order valence-corrected chi connectivity index (χ1v) is 6.54. The maximum Gasteiger partial charge on any atom is 0.235 e. The molecule has 0 aromatic carbocycles. The predicted octanol–water partition coefficient (Wildman–Crippen LogP) is 2.59. The lowest BCUT2D eigenvalue weighted by atomic mass is 9.94. The Hall–Kier alpha value is -0.180. The molecule has 1 unspecified atom stereocenters. The van der Waals surface area contributed by atoms with Crippen molar-refractivity contribution in [3.63, 3.8) is 0 Å². The number of carbonyl (C=O) groups is 1. The van der Waals surface area contributed by atoms with Crippen LogP contribution in [0.2, 0.25) is 0 Å². The van der Waals surface area contributed by atoms with E-state index in [2.05, 4.69) is 19.6 Å². The summed E-state index contributed by atoms with van der Waals surface area (Å²) in [6.45, 7) is 8.20. The number of amides is 1. The van der Waals surface area contributed by atoms with Crippen molar-refractivity contribution in [1.82, 2.24) is 4.90 Å². The average Bonchev–Trinajstić information content (AvgIpc) is 2.27. The molecule has 1 fully saturated rings. The molecular formula is C12H23NOS. The van der Waals surface area contributed by atoms with Gasteiger partial charge in [-0.3, -0.25) is 4.79 Å². The topological polar surface area (TPSA) is 20.3 Å². The maximum absolute atomic E-state index is 12.0. The fourth-order valence-corrected chi connectivity index (χ4v) is 2.20. The van der Waals surface area contributed by atoms with E-state index in [9.17, 15) is 4.79 Å². The van der Waals surface area contributed by atoms with Crippen molar-refractivity contribution in [2.75, 3.05) is 13.1 Å². The zero-order chi connectivity index (χ0) is 11.4. The van der Waals surface area contributed by atoms with Gasteiger partial charge in [0.25, 0.3) is 0 Å². The van der Waals surface area contributed by atoms with Crippen LogP contribution in [0.25, 0.3) is 0 Å². The number of hydrogen-bond donors (Lipinski definition) is 1. The molecule has 1 rings (SSSR count). The largest absolute Gasteiger partial charge is 0.342 e. The van der Waals surface area contributed by atoms with Crippen LogP contribution in [0.5, 0.6) is 0 Å². The van der Waals surface area contributed by atoms with Gasteiger partial charge in [-0.15, -0.1) is 0 Å². The first kappa shape index (κ1) is 12.9. The van der Waals surface area contributed by atoms with Gasteiger partial charge in [-0.05, 0) is 24.7 Å². The Labute approximate surface area is 98.8 Å². The Morgan fingerprint density at radius 2 is 1.93 bits per heavy atom. The Kier molecular flexibility index (Phi) is 4.97. The molecule has 0 spiro atoms. The van der Waals surface area contributed by atoms with Crippen LogP contribution in [0.3, 0.4) is 0 Å². The van der Waals surface area contributed by atoms with Crippen LogP contribution in [0.4, 0.5) is 0 Å². The van der Waals surface area contributed by atoms with Crippen molar-refractivity contribution in [3.8, 4) is 0 Å². The summed E-state index contributed by atoms with van der Waals surface area (Å²) < 4.78 is 0. The van der Waals surface area contributed by atoms with Gasteiger partial charge in [0.1, 0.15) is 0 Å². The van der Waals surface area contributed by atoms with Crippen molar-refractivity contribution >= 4 is 18.5 Å². The molecule has 2 nitrogen and oxygen atoms in total. The molecule has 0 radical (unpaired) electrons. The van der Waals surface area contributed by atoms with E-state index in [1.54, 1.807) is 0 Å². The van der Waals surface area contributed by atoms with Gasteiger partial charge in [0.15, 0.2) is 0 Å².